The van der Waals surface area contributed by atoms with E-state index in [1.807, 2.05) is 42.1 Å². The Morgan fingerprint density at radius 3 is 2.62 bits per heavy atom. The SMILES string of the molecule is CCNC(c1ccccc1Cl)c1nn(C)c2ccccc12. The molecule has 3 nitrogen and oxygen atoms in total. The average molecular weight is 300 g/mol. The van der Waals surface area contributed by atoms with Gasteiger partial charge in [0.25, 0.3) is 0 Å². The first kappa shape index (κ1) is 14.1. The van der Waals surface area contributed by atoms with E-state index in [1.54, 1.807) is 0 Å². The van der Waals surface area contributed by atoms with Crippen LogP contribution in [0.25, 0.3) is 10.9 Å². The molecule has 21 heavy (non-hydrogen) atoms. The molecular formula is C17H18ClN3. The van der Waals surface area contributed by atoms with Crippen molar-refractivity contribution in [2.45, 2.75) is 13.0 Å². The maximum absolute atomic E-state index is 6.39. The number of hydrogen-bond donors (Lipinski definition) is 1. The van der Waals surface area contributed by atoms with Crippen LogP contribution in [0.5, 0.6) is 0 Å². The zero-order chi connectivity index (χ0) is 14.8. The number of aryl methyl sites for hydroxylation is 1. The van der Waals surface area contributed by atoms with Crippen LogP contribution >= 0.6 is 11.6 Å². The molecule has 1 aromatic heterocycles. The molecule has 1 N–H and O–H groups in total. The molecule has 0 bridgehead atoms. The molecular weight excluding hydrogens is 282 g/mol. The Bertz CT molecular complexity index is 764. The maximum atomic E-state index is 6.39. The molecule has 1 heterocycles. The Kier molecular flexibility index (Phi) is 3.95. The molecule has 0 saturated heterocycles. The lowest BCUT2D eigenvalue weighted by atomic mass is 10.0. The van der Waals surface area contributed by atoms with Crippen molar-refractivity contribution in [1.82, 2.24) is 15.1 Å². The third-order valence-electron chi connectivity index (χ3n) is 3.68. The van der Waals surface area contributed by atoms with Crippen LogP contribution in [0.2, 0.25) is 5.02 Å². The number of nitrogens with one attached hydrogen (secondary N) is 1. The third-order valence-corrected chi connectivity index (χ3v) is 4.03. The Hall–Kier alpha value is -1.84. The van der Waals surface area contributed by atoms with Gasteiger partial charge in [0.15, 0.2) is 0 Å². The fraction of sp³-hybridized carbons (Fsp3) is 0.235. The van der Waals surface area contributed by atoms with Gasteiger partial charge < -0.3 is 5.32 Å². The molecule has 0 spiro atoms. The first-order valence-electron chi connectivity index (χ1n) is 7.11. The summed E-state index contributed by atoms with van der Waals surface area (Å²) >= 11 is 6.39. The van der Waals surface area contributed by atoms with E-state index in [1.165, 1.54) is 0 Å². The van der Waals surface area contributed by atoms with Gasteiger partial charge in [0, 0.05) is 17.5 Å². The van der Waals surface area contributed by atoms with E-state index >= 15 is 0 Å². The summed E-state index contributed by atoms with van der Waals surface area (Å²) in [7, 11) is 1.97. The van der Waals surface area contributed by atoms with Crippen LogP contribution < -0.4 is 5.32 Å². The molecule has 2 aromatic carbocycles. The molecule has 3 aromatic rings. The largest absolute Gasteiger partial charge is 0.305 e. The van der Waals surface area contributed by atoms with Gasteiger partial charge in [0.1, 0.15) is 0 Å². The van der Waals surface area contributed by atoms with Crippen molar-refractivity contribution in [2.24, 2.45) is 7.05 Å². The topological polar surface area (TPSA) is 29.9 Å². The molecule has 0 radical (unpaired) electrons. The van der Waals surface area contributed by atoms with Gasteiger partial charge in [-0.1, -0.05) is 54.9 Å². The molecule has 0 aliphatic carbocycles. The monoisotopic (exact) mass is 299 g/mol. The van der Waals surface area contributed by atoms with E-state index < -0.39 is 0 Å². The highest BCUT2D eigenvalue weighted by molar-refractivity contribution is 6.31. The zero-order valence-electron chi connectivity index (χ0n) is 12.2. The third kappa shape index (κ3) is 2.55. The highest BCUT2D eigenvalue weighted by Gasteiger charge is 2.21. The predicted molar refractivity (Wildman–Crippen MR) is 87.7 cm³/mol. The van der Waals surface area contributed by atoms with Crippen molar-refractivity contribution in [3.05, 3.63) is 64.8 Å². The first-order chi connectivity index (χ1) is 10.2. The van der Waals surface area contributed by atoms with Crippen molar-refractivity contribution >= 4 is 22.5 Å². The summed E-state index contributed by atoms with van der Waals surface area (Å²) in [5, 5.41) is 10.1. The normalized spacial score (nSPS) is 12.7. The van der Waals surface area contributed by atoms with Crippen molar-refractivity contribution in [2.75, 3.05) is 6.54 Å². The lowest BCUT2D eigenvalue weighted by Gasteiger charge is -2.18. The number of nitrogens with zero attached hydrogens (tertiary/aromatic N) is 2. The summed E-state index contributed by atoms with van der Waals surface area (Å²) in [5.41, 5.74) is 3.20. The summed E-state index contributed by atoms with van der Waals surface area (Å²) in [6.07, 6.45) is 0. The van der Waals surface area contributed by atoms with Gasteiger partial charge in [-0.2, -0.15) is 5.10 Å². The molecule has 0 saturated carbocycles. The second kappa shape index (κ2) is 5.88. The Balaban J connectivity index is 2.19. The van der Waals surface area contributed by atoms with Gasteiger partial charge in [-0.3, -0.25) is 4.68 Å². The Labute approximate surface area is 129 Å². The second-order valence-corrected chi connectivity index (χ2v) is 5.45. The van der Waals surface area contributed by atoms with E-state index in [9.17, 15) is 0 Å². The minimum absolute atomic E-state index is 0.00481. The zero-order valence-corrected chi connectivity index (χ0v) is 12.9. The van der Waals surface area contributed by atoms with E-state index in [-0.39, 0.29) is 6.04 Å². The number of halogens is 1. The van der Waals surface area contributed by atoms with Crippen molar-refractivity contribution < 1.29 is 0 Å². The van der Waals surface area contributed by atoms with Gasteiger partial charge in [-0.15, -0.1) is 0 Å². The quantitative estimate of drug-likeness (QED) is 0.791. The highest BCUT2D eigenvalue weighted by Crippen LogP contribution is 2.31. The molecule has 0 aliphatic rings. The molecule has 4 heteroatoms. The number of aromatic nitrogens is 2. The first-order valence-corrected chi connectivity index (χ1v) is 7.49. The Morgan fingerprint density at radius 1 is 1.14 bits per heavy atom. The van der Waals surface area contributed by atoms with E-state index in [2.05, 4.69) is 30.4 Å². The molecule has 0 fully saturated rings. The Morgan fingerprint density at radius 2 is 1.86 bits per heavy atom. The molecule has 1 unspecified atom stereocenters. The summed E-state index contributed by atoms with van der Waals surface area (Å²) in [6, 6.07) is 16.2. The number of benzene rings is 2. The highest BCUT2D eigenvalue weighted by atomic mass is 35.5. The van der Waals surface area contributed by atoms with Crippen LogP contribution in [0, 0.1) is 0 Å². The van der Waals surface area contributed by atoms with Crippen LogP contribution in [0.1, 0.15) is 24.2 Å². The van der Waals surface area contributed by atoms with Gasteiger partial charge in [-0.05, 0) is 24.2 Å². The van der Waals surface area contributed by atoms with E-state index in [0.29, 0.717) is 0 Å². The second-order valence-electron chi connectivity index (χ2n) is 5.04. The fourth-order valence-electron chi connectivity index (χ4n) is 2.72. The van der Waals surface area contributed by atoms with Crippen molar-refractivity contribution in [1.29, 1.82) is 0 Å². The summed E-state index contributed by atoms with van der Waals surface area (Å²) < 4.78 is 1.92. The number of fused-ring (bicyclic) bond motifs is 1. The number of rotatable bonds is 4. The number of hydrogen-bond acceptors (Lipinski definition) is 2. The van der Waals surface area contributed by atoms with Crippen LogP contribution in [0.15, 0.2) is 48.5 Å². The summed E-state index contributed by atoms with van der Waals surface area (Å²) in [4.78, 5) is 0. The lowest BCUT2D eigenvalue weighted by Crippen LogP contribution is -2.23. The fourth-order valence-corrected chi connectivity index (χ4v) is 2.97. The van der Waals surface area contributed by atoms with Crippen molar-refractivity contribution in [3.8, 4) is 0 Å². The van der Waals surface area contributed by atoms with Crippen LogP contribution in [0.3, 0.4) is 0 Å². The van der Waals surface area contributed by atoms with Crippen LogP contribution in [0.4, 0.5) is 0 Å². The lowest BCUT2D eigenvalue weighted by molar-refractivity contribution is 0.604. The van der Waals surface area contributed by atoms with Gasteiger partial charge in [-0.25, -0.2) is 0 Å². The smallest absolute Gasteiger partial charge is 0.0918 e. The summed E-state index contributed by atoms with van der Waals surface area (Å²) in [6.45, 7) is 2.94. The molecule has 108 valence electrons. The molecule has 3 rings (SSSR count). The van der Waals surface area contributed by atoms with Gasteiger partial charge in [0.2, 0.25) is 0 Å². The number of para-hydroxylation sites is 1. The van der Waals surface area contributed by atoms with Crippen molar-refractivity contribution in [3.63, 3.8) is 0 Å². The minimum Gasteiger partial charge on any atom is -0.305 e. The van der Waals surface area contributed by atoms with E-state index in [4.69, 9.17) is 16.7 Å². The van der Waals surface area contributed by atoms with Gasteiger partial charge in [0.05, 0.1) is 17.3 Å². The van der Waals surface area contributed by atoms with Crippen LogP contribution in [-0.4, -0.2) is 16.3 Å². The minimum atomic E-state index is -0.00481. The molecule has 0 amide bonds. The van der Waals surface area contributed by atoms with E-state index in [0.717, 1.165) is 33.7 Å². The molecule has 1 atom stereocenters. The standard InChI is InChI=1S/C17H18ClN3/c1-3-19-16(12-8-4-6-10-14(12)18)17-13-9-5-7-11-15(13)21(2)20-17/h4-11,16,19H,3H2,1-2H3. The average Bonchev–Trinajstić information content (AvgIpc) is 2.83. The summed E-state index contributed by atoms with van der Waals surface area (Å²) in [5.74, 6) is 0. The van der Waals surface area contributed by atoms with Crippen LogP contribution in [-0.2, 0) is 7.05 Å². The molecule has 0 aliphatic heterocycles. The maximum Gasteiger partial charge on any atom is 0.0918 e. The predicted octanol–water partition coefficient (Wildman–Crippen LogP) is 3.93. The van der Waals surface area contributed by atoms with Gasteiger partial charge >= 0.3 is 0 Å².